The number of likely N-dealkylation sites (tertiary alicyclic amines) is 1. The van der Waals surface area contributed by atoms with Gasteiger partial charge in [-0.3, -0.25) is 4.90 Å². The molecule has 8 nitrogen and oxygen atoms in total. The van der Waals surface area contributed by atoms with E-state index in [4.69, 9.17) is 0 Å². The summed E-state index contributed by atoms with van der Waals surface area (Å²) in [4.78, 5) is 30.1. The maximum Gasteiger partial charge on any atom is 0.374 e. The molecule has 1 aromatic heterocycles. The van der Waals surface area contributed by atoms with Gasteiger partial charge < -0.3 is 15.3 Å². The van der Waals surface area contributed by atoms with Crippen molar-refractivity contribution in [3.05, 3.63) is 5.82 Å². The molecule has 1 saturated heterocycles. The molecular formula is C28H46N6O2. The lowest BCUT2D eigenvalue weighted by atomic mass is 9.80. The molecule has 0 bridgehead atoms. The highest BCUT2D eigenvalue weighted by molar-refractivity contribution is 5.87. The number of hydrogen-bond donors (Lipinski definition) is 2. The number of carboxylic acid groups (broad SMARTS) is 1. The fraction of sp³-hybridized carbons (Fsp3) is 0.786. The van der Waals surface area contributed by atoms with E-state index < -0.39 is 5.97 Å². The lowest BCUT2D eigenvalue weighted by Crippen LogP contribution is -2.50. The van der Waals surface area contributed by atoms with Crippen LogP contribution in [0.1, 0.15) is 102 Å². The molecule has 0 aromatic carbocycles. The maximum absolute atomic E-state index is 11.9. The van der Waals surface area contributed by atoms with Crippen LogP contribution in [0.25, 0.3) is 0 Å². The largest absolute Gasteiger partial charge is 0.475 e. The van der Waals surface area contributed by atoms with Gasteiger partial charge in [-0.2, -0.15) is 0 Å². The van der Waals surface area contributed by atoms with Crippen molar-refractivity contribution in [3.63, 3.8) is 0 Å². The van der Waals surface area contributed by atoms with Crippen LogP contribution in [0.4, 0.5) is 17.3 Å². The summed E-state index contributed by atoms with van der Waals surface area (Å²) in [6.07, 6.45) is 13.7. The molecule has 0 spiro atoms. The predicted octanol–water partition coefficient (Wildman–Crippen LogP) is 5.96. The molecule has 3 aliphatic rings. The van der Waals surface area contributed by atoms with Crippen LogP contribution in [0.5, 0.6) is 0 Å². The Kier molecular flexibility index (Phi) is 9.20. The lowest BCUT2D eigenvalue weighted by molar-refractivity contribution is 0.0683. The first-order valence-electron chi connectivity index (χ1n) is 14.2. The Labute approximate surface area is 217 Å². The second-order valence-corrected chi connectivity index (χ2v) is 11.6. The summed E-state index contributed by atoms with van der Waals surface area (Å²) in [6, 6.07) is 0.749. The zero-order valence-electron chi connectivity index (χ0n) is 22.6. The van der Waals surface area contributed by atoms with Crippen molar-refractivity contribution in [1.29, 1.82) is 0 Å². The highest BCUT2D eigenvalue weighted by Gasteiger charge is 2.32. The number of piperidine rings is 1. The van der Waals surface area contributed by atoms with Gasteiger partial charge in [-0.1, -0.05) is 46.0 Å². The summed E-state index contributed by atoms with van der Waals surface area (Å²) in [6.45, 7) is 13.4. The molecule has 2 aliphatic carbocycles. The van der Waals surface area contributed by atoms with Crippen LogP contribution in [0, 0.1) is 17.8 Å². The van der Waals surface area contributed by atoms with Gasteiger partial charge in [0.05, 0.1) is 6.67 Å². The van der Waals surface area contributed by atoms with Gasteiger partial charge in [0.15, 0.2) is 11.6 Å². The number of nitrogens with zero attached hydrogens (tertiary/aromatic N) is 5. The topological polar surface area (TPSA) is 93.9 Å². The van der Waals surface area contributed by atoms with Crippen LogP contribution in [-0.4, -0.2) is 64.5 Å². The molecule has 1 aromatic rings. The highest BCUT2D eigenvalue weighted by Crippen LogP contribution is 2.39. The summed E-state index contributed by atoms with van der Waals surface area (Å²) in [5.74, 6) is 1.38. The van der Waals surface area contributed by atoms with Crippen LogP contribution < -0.4 is 10.2 Å². The summed E-state index contributed by atoms with van der Waals surface area (Å²) in [5, 5.41) is 13.3. The third kappa shape index (κ3) is 6.36. The van der Waals surface area contributed by atoms with Crippen molar-refractivity contribution >= 4 is 30.0 Å². The first-order chi connectivity index (χ1) is 17.4. The van der Waals surface area contributed by atoms with E-state index in [9.17, 15) is 9.90 Å². The number of carboxylic acids is 1. The van der Waals surface area contributed by atoms with Gasteiger partial charge in [0.1, 0.15) is 5.69 Å². The van der Waals surface area contributed by atoms with E-state index in [0.29, 0.717) is 35.4 Å². The summed E-state index contributed by atoms with van der Waals surface area (Å²) < 4.78 is 0. The summed E-state index contributed by atoms with van der Waals surface area (Å²) >= 11 is 0. The van der Waals surface area contributed by atoms with Crippen molar-refractivity contribution < 1.29 is 9.90 Å². The quantitative estimate of drug-likeness (QED) is 0.363. The molecule has 1 aliphatic heterocycles. The average molecular weight is 499 g/mol. The highest BCUT2D eigenvalue weighted by atomic mass is 16.4. The van der Waals surface area contributed by atoms with Crippen molar-refractivity contribution in [2.45, 2.75) is 103 Å². The number of rotatable bonds is 11. The van der Waals surface area contributed by atoms with Crippen LogP contribution in [0.2, 0.25) is 0 Å². The van der Waals surface area contributed by atoms with Gasteiger partial charge in [-0.25, -0.2) is 19.8 Å². The van der Waals surface area contributed by atoms with Gasteiger partial charge in [-0.15, -0.1) is 0 Å². The minimum atomic E-state index is -1.14. The first kappa shape index (κ1) is 26.8. The van der Waals surface area contributed by atoms with Crippen LogP contribution >= 0.6 is 0 Å². The molecular weight excluding hydrogens is 452 g/mol. The van der Waals surface area contributed by atoms with Crippen molar-refractivity contribution in [1.82, 2.24) is 14.9 Å². The van der Waals surface area contributed by atoms with Crippen LogP contribution in [0.15, 0.2) is 4.99 Å². The van der Waals surface area contributed by atoms with E-state index in [0.717, 1.165) is 25.4 Å². The number of hydrogen-bond acceptors (Lipinski definition) is 7. The summed E-state index contributed by atoms with van der Waals surface area (Å²) in [5.41, 5.74) is 0.819. The Hall–Kier alpha value is -2.22. The van der Waals surface area contributed by atoms with E-state index in [1.165, 1.54) is 70.6 Å². The lowest BCUT2D eigenvalue weighted by Gasteiger charge is -2.43. The van der Waals surface area contributed by atoms with E-state index in [2.05, 4.69) is 57.6 Å². The molecule has 3 fully saturated rings. The Morgan fingerprint density at radius 3 is 2.42 bits per heavy atom. The molecule has 2 atom stereocenters. The molecule has 36 heavy (non-hydrogen) atoms. The standard InChI is InChI=1S/C28H46N6O2/c1-19(2)23-15-8-9-16-33(23)18-34(17-21-11-6-5-7-12-21)24-25(29-4)31-27(28(35)36)32-26(24)30-20(3)22-13-10-14-22/h19-23H,4-18H2,1-3H3,(H,35,36)(H,30,31,32). The van der Waals surface area contributed by atoms with E-state index >= 15 is 0 Å². The zero-order valence-corrected chi connectivity index (χ0v) is 22.6. The Bertz CT molecular complexity index is 896. The number of aliphatic imine (C=N–C) groups is 1. The van der Waals surface area contributed by atoms with Gasteiger partial charge in [0.2, 0.25) is 5.82 Å². The minimum Gasteiger partial charge on any atom is -0.475 e. The SMILES string of the molecule is C=Nc1nc(C(=O)O)nc(NC(C)C2CCC2)c1N(CC1CCCCC1)CN1CCCCC1C(C)C. The van der Waals surface area contributed by atoms with E-state index in [-0.39, 0.29) is 11.9 Å². The molecule has 2 unspecified atom stereocenters. The number of anilines is 2. The fourth-order valence-corrected chi connectivity index (χ4v) is 6.38. The summed E-state index contributed by atoms with van der Waals surface area (Å²) in [7, 11) is 0. The Balaban J connectivity index is 1.72. The van der Waals surface area contributed by atoms with Gasteiger partial charge in [0.25, 0.3) is 0 Å². The van der Waals surface area contributed by atoms with Crippen LogP contribution in [0.3, 0.4) is 0 Å². The third-order valence-corrected chi connectivity index (χ3v) is 8.73. The molecule has 8 heteroatoms. The van der Waals surface area contributed by atoms with Crippen molar-refractivity contribution in [2.24, 2.45) is 22.7 Å². The van der Waals surface area contributed by atoms with Crippen molar-refractivity contribution in [2.75, 3.05) is 30.0 Å². The zero-order chi connectivity index (χ0) is 25.7. The second kappa shape index (κ2) is 12.3. The normalized spacial score (nSPS) is 22.7. The molecule has 0 radical (unpaired) electrons. The average Bonchev–Trinajstić information content (AvgIpc) is 2.82. The van der Waals surface area contributed by atoms with Gasteiger partial charge >= 0.3 is 5.97 Å². The van der Waals surface area contributed by atoms with Crippen molar-refractivity contribution in [3.8, 4) is 0 Å². The third-order valence-electron chi connectivity index (χ3n) is 8.73. The number of carbonyl (C=O) groups is 1. The second-order valence-electron chi connectivity index (χ2n) is 11.6. The Morgan fingerprint density at radius 2 is 1.81 bits per heavy atom. The number of aromatic carboxylic acids is 1. The molecule has 4 rings (SSSR count). The smallest absolute Gasteiger partial charge is 0.374 e. The van der Waals surface area contributed by atoms with Crippen LogP contribution in [-0.2, 0) is 0 Å². The maximum atomic E-state index is 11.9. The van der Waals surface area contributed by atoms with E-state index in [1.54, 1.807) is 0 Å². The minimum absolute atomic E-state index is 0.210. The Morgan fingerprint density at radius 1 is 1.08 bits per heavy atom. The molecule has 2 saturated carbocycles. The molecule has 2 heterocycles. The number of nitrogens with one attached hydrogen (secondary N) is 1. The molecule has 200 valence electrons. The number of aromatic nitrogens is 2. The van der Waals surface area contributed by atoms with Gasteiger partial charge in [-0.05, 0) is 69.9 Å². The van der Waals surface area contributed by atoms with Gasteiger partial charge in [0, 0.05) is 25.2 Å². The molecule has 2 N–H and O–H groups in total. The van der Waals surface area contributed by atoms with E-state index in [1.807, 2.05) is 0 Å². The fourth-order valence-electron chi connectivity index (χ4n) is 6.38. The molecule has 0 amide bonds. The monoisotopic (exact) mass is 498 g/mol. The predicted molar refractivity (Wildman–Crippen MR) is 147 cm³/mol. The first-order valence-corrected chi connectivity index (χ1v) is 14.2.